The molecule has 0 aliphatic rings. The predicted octanol–water partition coefficient (Wildman–Crippen LogP) is 1.42. The van der Waals surface area contributed by atoms with Crippen LogP contribution in [-0.2, 0) is 0 Å². The molecule has 96 valence electrons. The van der Waals surface area contributed by atoms with Crippen LogP contribution in [0.4, 0.5) is 11.5 Å². The standard InChI is InChI=1S/C13H12N4O2/c1-17(10-4-3-5-11(7-10)19-2)12-6-9(8-14)15-13(18)16-12/h3-7H,1-2H3,(H,15,16,18). The molecule has 0 unspecified atom stereocenters. The van der Waals surface area contributed by atoms with E-state index in [9.17, 15) is 4.79 Å². The van der Waals surface area contributed by atoms with Crippen molar-refractivity contribution in [2.24, 2.45) is 0 Å². The van der Waals surface area contributed by atoms with E-state index in [1.54, 1.807) is 19.1 Å². The van der Waals surface area contributed by atoms with Crippen molar-refractivity contribution in [3.63, 3.8) is 0 Å². The molecule has 0 fully saturated rings. The monoisotopic (exact) mass is 256 g/mol. The minimum Gasteiger partial charge on any atom is -0.497 e. The van der Waals surface area contributed by atoms with Gasteiger partial charge in [0.25, 0.3) is 0 Å². The van der Waals surface area contributed by atoms with Crippen molar-refractivity contribution < 1.29 is 4.74 Å². The highest BCUT2D eigenvalue weighted by Crippen LogP contribution is 2.24. The normalized spacial score (nSPS) is 9.74. The van der Waals surface area contributed by atoms with E-state index in [1.165, 1.54) is 6.07 Å². The lowest BCUT2D eigenvalue weighted by atomic mass is 10.2. The molecule has 1 aromatic heterocycles. The van der Waals surface area contributed by atoms with Gasteiger partial charge < -0.3 is 9.64 Å². The van der Waals surface area contributed by atoms with Crippen LogP contribution >= 0.6 is 0 Å². The third kappa shape index (κ3) is 2.72. The van der Waals surface area contributed by atoms with Gasteiger partial charge in [-0.25, -0.2) is 4.79 Å². The molecule has 1 heterocycles. The highest BCUT2D eigenvalue weighted by atomic mass is 16.5. The molecular weight excluding hydrogens is 244 g/mol. The van der Waals surface area contributed by atoms with Crippen LogP contribution in [0.2, 0.25) is 0 Å². The van der Waals surface area contributed by atoms with E-state index >= 15 is 0 Å². The van der Waals surface area contributed by atoms with Crippen LogP contribution in [0.5, 0.6) is 5.75 Å². The number of H-pyrrole nitrogens is 1. The zero-order valence-electron chi connectivity index (χ0n) is 10.5. The molecule has 0 spiro atoms. The fraction of sp³-hybridized carbons (Fsp3) is 0.154. The third-order valence-electron chi connectivity index (χ3n) is 2.64. The highest BCUT2D eigenvalue weighted by Gasteiger charge is 2.08. The van der Waals surface area contributed by atoms with Crippen LogP contribution in [0.25, 0.3) is 0 Å². The number of rotatable bonds is 3. The SMILES string of the molecule is COc1cccc(N(C)c2cc(C#N)[nH]c(=O)n2)c1. The lowest BCUT2D eigenvalue weighted by Crippen LogP contribution is -2.19. The molecule has 0 atom stereocenters. The molecule has 6 heteroatoms. The highest BCUT2D eigenvalue weighted by molar-refractivity contribution is 5.61. The Morgan fingerprint density at radius 2 is 2.21 bits per heavy atom. The average Bonchev–Trinajstić information content (AvgIpc) is 2.45. The maximum absolute atomic E-state index is 11.4. The van der Waals surface area contributed by atoms with Gasteiger partial charge in [0.1, 0.15) is 23.3 Å². The van der Waals surface area contributed by atoms with E-state index in [4.69, 9.17) is 10.00 Å². The van der Waals surface area contributed by atoms with E-state index < -0.39 is 5.69 Å². The van der Waals surface area contributed by atoms with Crippen molar-refractivity contribution >= 4 is 11.5 Å². The molecule has 0 radical (unpaired) electrons. The Bertz CT molecular complexity index is 688. The van der Waals surface area contributed by atoms with Crippen molar-refractivity contribution in [3.05, 3.63) is 46.5 Å². The molecule has 1 aromatic carbocycles. The van der Waals surface area contributed by atoms with E-state index in [2.05, 4.69) is 9.97 Å². The van der Waals surface area contributed by atoms with Gasteiger partial charge in [0.15, 0.2) is 0 Å². The summed E-state index contributed by atoms with van der Waals surface area (Å²) in [6.45, 7) is 0. The maximum atomic E-state index is 11.4. The number of nitriles is 1. The second kappa shape index (κ2) is 5.23. The van der Waals surface area contributed by atoms with Crippen LogP contribution in [0.15, 0.2) is 35.1 Å². The molecule has 0 aliphatic heterocycles. The number of benzene rings is 1. The smallest absolute Gasteiger partial charge is 0.347 e. The van der Waals surface area contributed by atoms with Gasteiger partial charge in [-0.05, 0) is 12.1 Å². The minimum atomic E-state index is -0.552. The molecule has 2 aromatic rings. The van der Waals surface area contributed by atoms with Gasteiger partial charge in [0, 0.05) is 24.9 Å². The first-order valence-electron chi connectivity index (χ1n) is 5.53. The van der Waals surface area contributed by atoms with Crippen LogP contribution in [0.3, 0.4) is 0 Å². The third-order valence-corrected chi connectivity index (χ3v) is 2.64. The number of anilines is 2. The number of nitrogens with one attached hydrogen (secondary N) is 1. The first-order chi connectivity index (χ1) is 9.13. The fourth-order valence-corrected chi connectivity index (χ4v) is 1.63. The molecular formula is C13H12N4O2. The van der Waals surface area contributed by atoms with Gasteiger partial charge in [-0.15, -0.1) is 0 Å². The summed E-state index contributed by atoms with van der Waals surface area (Å²) in [5.74, 6) is 1.10. The lowest BCUT2D eigenvalue weighted by Gasteiger charge is -2.18. The molecule has 6 nitrogen and oxygen atoms in total. The Labute approximate surface area is 109 Å². The summed E-state index contributed by atoms with van der Waals surface area (Å²) >= 11 is 0. The van der Waals surface area contributed by atoms with Gasteiger partial charge in [-0.2, -0.15) is 10.2 Å². The number of methoxy groups -OCH3 is 1. The second-order valence-corrected chi connectivity index (χ2v) is 3.83. The molecule has 0 amide bonds. The van der Waals surface area contributed by atoms with Crippen molar-refractivity contribution in [1.29, 1.82) is 5.26 Å². The Kier molecular flexibility index (Phi) is 3.48. The zero-order chi connectivity index (χ0) is 13.8. The van der Waals surface area contributed by atoms with E-state index in [-0.39, 0.29) is 5.69 Å². The Morgan fingerprint density at radius 3 is 2.89 bits per heavy atom. The Balaban J connectivity index is 2.43. The van der Waals surface area contributed by atoms with Crippen LogP contribution < -0.4 is 15.3 Å². The van der Waals surface area contributed by atoms with Crippen LogP contribution in [0.1, 0.15) is 5.69 Å². The van der Waals surface area contributed by atoms with E-state index in [1.807, 2.05) is 30.3 Å². The number of aromatic nitrogens is 2. The quantitative estimate of drug-likeness (QED) is 0.898. The first kappa shape index (κ1) is 12.6. The predicted molar refractivity (Wildman–Crippen MR) is 70.6 cm³/mol. The van der Waals surface area contributed by atoms with Gasteiger partial charge >= 0.3 is 5.69 Å². The summed E-state index contributed by atoms with van der Waals surface area (Å²) in [6.07, 6.45) is 0. The molecule has 0 saturated heterocycles. The maximum Gasteiger partial charge on any atom is 0.347 e. The summed E-state index contributed by atoms with van der Waals surface area (Å²) in [5, 5.41) is 8.83. The van der Waals surface area contributed by atoms with Crippen LogP contribution in [0, 0.1) is 11.3 Å². The summed E-state index contributed by atoms with van der Waals surface area (Å²) in [7, 11) is 3.34. The molecule has 19 heavy (non-hydrogen) atoms. The minimum absolute atomic E-state index is 0.171. The van der Waals surface area contributed by atoms with E-state index in [0.717, 1.165) is 5.69 Å². The van der Waals surface area contributed by atoms with Crippen LogP contribution in [-0.4, -0.2) is 24.1 Å². The molecule has 0 aliphatic carbocycles. The Hall–Kier alpha value is -2.81. The first-order valence-corrected chi connectivity index (χ1v) is 5.53. The van der Waals surface area contributed by atoms with Crippen molar-refractivity contribution in [2.45, 2.75) is 0 Å². The number of nitrogens with zero attached hydrogens (tertiary/aromatic N) is 3. The largest absolute Gasteiger partial charge is 0.497 e. The molecule has 0 saturated carbocycles. The second-order valence-electron chi connectivity index (χ2n) is 3.83. The number of hydrogen-bond acceptors (Lipinski definition) is 5. The fourth-order valence-electron chi connectivity index (χ4n) is 1.63. The Morgan fingerprint density at radius 1 is 1.42 bits per heavy atom. The van der Waals surface area contributed by atoms with Gasteiger partial charge in [0.2, 0.25) is 0 Å². The molecule has 0 bridgehead atoms. The average molecular weight is 256 g/mol. The van der Waals surface area contributed by atoms with Gasteiger partial charge in [-0.1, -0.05) is 6.07 Å². The number of ether oxygens (including phenoxy) is 1. The molecule has 1 N–H and O–H groups in total. The van der Waals surface area contributed by atoms with Gasteiger partial charge in [-0.3, -0.25) is 4.98 Å². The van der Waals surface area contributed by atoms with Gasteiger partial charge in [0.05, 0.1) is 7.11 Å². The van der Waals surface area contributed by atoms with E-state index in [0.29, 0.717) is 11.6 Å². The summed E-state index contributed by atoms with van der Waals surface area (Å²) in [6, 6.07) is 10.7. The topological polar surface area (TPSA) is 82.0 Å². The van der Waals surface area contributed by atoms with Crippen molar-refractivity contribution in [3.8, 4) is 11.8 Å². The zero-order valence-corrected chi connectivity index (χ0v) is 10.5. The lowest BCUT2D eigenvalue weighted by molar-refractivity contribution is 0.415. The number of aromatic amines is 1. The summed E-state index contributed by atoms with van der Waals surface area (Å²) in [4.78, 5) is 19.3. The summed E-state index contributed by atoms with van der Waals surface area (Å²) < 4.78 is 5.14. The van der Waals surface area contributed by atoms with Crippen molar-refractivity contribution in [1.82, 2.24) is 9.97 Å². The van der Waals surface area contributed by atoms with Crippen molar-refractivity contribution in [2.75, 3.05) is 19.1 Å². The number of hydrogen-bond donors (Lipinski definition) is 1. The molecule has 2 rings (SSSR count). The summed E-state index contributed by atoms with van der Waals surface area (Å²) in [5.41, 5.74) is 0.426.